The summed E-state index contributed by atoms with van der Waals surface area (Å²) in [6.07, 6.45) is 1.30. The third-order valence-corrected chi connectivity index (χ3v) is 5.65. The van der Waals surface area contributed by atoms with Gasteiger partial charge in [0.2, 0.25) is 0 Å². The fraction of sp³-hybridized carbons (Fsp3) is 0.0833. The molecule has 156 valence electrons. The number of hydrogen-bond donors (Lipinski definition) is 1. The summed E-state index contributed by atoms with van der Waals surface area (Å²) in [4.78, 5) is 12.5. The molecule has 0 aliphatic heterocycles. The zero-order valence-corrected chi connectivity index (χ0v) is 17.8. The van der Waals surface area contributed by atoms with Gasteiger partial charge in [-0.3, -0.25) is 4.79 Å². The molecule has 0 radical (unpaired) electrons. The van der Waals surface area contributed by atoms with E-state index in [1.807, 2.05) is 32.0 Å². The summed E-state index contributed by atoms with van der Waals surface area (Å²) in [5.41, 5.74) is 2.59. The van der Waals surface area contributed by atoms with E-state index in [1.54, 1.807) is 42.5 Å². The van der Waals surface area contributed by atoms with E-state index in [9.17, 15) is 18.5 Å². The molecular weight excluding hydrogens is 412 g/mol. The van der Waals surface area contributed by atoms with Gasteiger partial charge in [-0.05, 0) is 50.3 Å². The maximum atomic E-state index is 12.6. The maximum Gasteiger partial charge on any atom is 0.339 e. The number of benzene rings is 3. The van der Waals surface area contributed by atoms with Crippen molar-refractivity contribution in [3.8, 4) is 11.8 Å². The zero-order valence-electron chi connectivity index (χ0n) is 17.0. The highest BCUT2D eigenvalue weighted by Crippen LogP contribution is 2.25. The average molecular weight is 433 g/mol. The molecule has 0 saturated heterocycles. The molecule has 0 saturated carbocycles. The standard InChI is InChI=1S/C24H20N2O4S/c1-17-7-11-21(12-8-17)26-24(27)20(16-25)15-19-5-3-4-6-23(19)30-31(28,29)22-13-9-18(2)10-14-22/h3-15H,1-2H3,(H,26,27)/b20-15-. The summed E-state index contributed by atoms with van der Waals surface area (Å²) in [5.74, 6) is -0.596. The van der Waals surface area contributed by atoms with Gasteiger partial charge < -0.3 is 9.50 Å². The zero-order chi connectivity index (χ0) is 22.4. The van der Waals surface area contributed by atoms with Crippen molar-refractivity contribution < 1.29 is 17.4 Å². The predicted molar refractivity (Wildman–Crippen MR) is 119 cm³/mol. The van der Waals surface area contributed by atoms with Crippen LogP contribution in [-0.2, 0) is 14.9 Å². The molecule has 7 heteroatoms. The van der Waals surface area contributed by atoms with Crippen LogP contribution in [0.2, 0.25) is 0 Å². The van der Waals surface area contributed by atoms with E-state index in [-0.39, 0.29) is 21.8 Å². The summed E-state index contributed by atoms with van der Waals surface area (Å²) in [6.45, 7) is 3.77. The second-order valence-electron chi connectivity index (χ2n) is 6.88. The van der Waals surface area contributed by atoms with Gasteiger partial charge in [-0.25, -0.2) is 0 Å². The Morgan fingerprint density at radius 2 is 1.52 bits per heavy atom. The van der Waals surface area contributed by atoms with Gasteiger partial charge in [-0.1, -0.05) is 53.6 Å². The molecule has 0 fully saturated rings. The first-order chi connectivity index (χ1) is 14.8. The van der Waals surface area contributed by atoms with Crippen LogP contribution in [-0.4, -0.2) is 14.3 Å². The van der Waals surface area contributed by atoms with E-state index in [0.717, 1.165) is 11.1 Å². The molecule has 0 aliphatic carbocycles. The predicted octanol–water partition coefficient (Wildman–Crippen LogP) is 4.62. The number of aryl methyl sites for hydroxylation is 2. The molecule has 0 atom stereocenters. The van der Waals surface area contributed by atoms with E-state index in [2.05, 4.69) is 5.32 Å². The summed E-state index contributed by atoms with van der Waals surface area (Å²) in [6, 6.07) is 21.5. The number of rotatable bonds is 6. The van der Waals surface area contributed by atoms with Gasteiger partial charge in [0, 0.05) is 11.3 Å². The first-order valence-electron chi connectivity index (χ1n) is 9.38. The van der Waals surface area contributed by atoms with Crippen molar-refractivity contribution in [3.63, 3.8) is 0 Å². The Labute approximate surface area is 181 Å². The third-order valence-electron chi connectivity index (χ3n) is 4.40. The van der Waals surface area contributed by atoms with Gasteiger partial charge in [0.05, 0.1) is 0 Å². The first kappa shape index (κ1) is 21.8. The number of carbonyl (C=O) groups excluding carboxylic acids is 1. The quantitative estimate of drug-likeness (QED) is 0.348. The van der Waals surface area contributed by atoms with Crippen LogP contribution in [0.5, 0.6) is 5.75 Å². The van der Waals surface area contributed by atoms with Gasteiger partial charge in [-0.2, -0.15) is 13.7 Å². The lowest BCUT2D eigenvalue weighted by Gasteiger charge is -2.10. The summed E-state index contributed by atoms with van der Waals surface area (Å²) < 4.78 is 30.6. The highest BCUT2D eigenvalue weighted by molar-refractivity contribution is 7.87. The SMILES string of the molecule is Cc1ccc(NC(=O)/C(C#N)=C\c2ccccc2OS(=O)(=O)c2ccc(C)cc2)cc1. The van der Waals surface area contributed by atoms with Crippen LogP contribution in [0.1, 0.15) is 16.7 Å². The third kappa shape index (κ3) is 5.59. The Kier molecular flexibility index (Phi) is 6.53. The van der Waals surface area contributed by atoms with Crippen molar-refractivity contribution in [2.24, 2.45) is 0 Å². The van der Waals surface area contributed by atoms with Gasteiger partial charge in [0.15, 0.2) is 0 Å². The minimum absolute atomic E-state index is 0.00880. The van der Waals surface area contributed by atoms with Gasteiger partial charge in [-0.15, -0.1) is 0 Å². The second kappa shape index (κ2) is 9.28. The minimum atomic E-state index is -4.08. The van der Waals surface area contributed by atoms with Crippen molar-refractivity contribution in [3.05, 3.63) is 95.1 Å². The number of amides is 1. The Bertz CT molecular complexity index is 1270. The molecule has 31 heavy (non-hydrogen) atoms. The molecule has 0 spiro atoms. The summed E-state index contributed by atoms with van der Waals surface area (Å²) in [7, 11) is -4.08. The van der Waals surface area contributed by atoms with Gasteiger partial charge in [0.25, 0.3) is 5.91 Å². The van der Waals surface area contributed by atoms with E-state index in [1.165, 1.54) is 24.3 Å². The monoisotopic (exact) mass is 432 g/mol. The Morgan fingerprint density at radius 1 is 0.935 bits per heavy atom. The number of nitriles is 1. The number of nitrogens with one attached hydrogen (secondary N) is 1. The average Bonchev–Trinajstić information content (AvgIpc) is 2.74. The first-order valence-corrected chi connectivity index (χ1v) is 10.8. The second-order valence-corrected chi connectivity index (χ2v) is 8.42. The van der Waals surface area contributed by atoms with Crippen molar-refractivity contribution in [1.82, 2.24) is 0 Å². The van der Waals surface area contributed by atoms with Crippen LogP contribution in [0.4, 0.5) is 5.69 Å². The lowest BCUT2D eigenvalue weighted by Crippen LogP contribution is -2.14. The Hall–Kier alpha value is -3.89. The smallest absolute Gasteiger partial charge is 0.339 e. The topological polar surface area (TPSA) is 96.3 Å². The van der Waals surface area contributed by atoms with E-state index >= 15 is 0 Å². The van der Waals surface area contributed by atoms with Crippen molar-refractivity contribution >= 4 is 27.8 Å². The number of para-hydroxylation sites is 1. The van der Waals surface area contributed by atoms with Gasteiger partial charge >= 0.3 is 10.1 Å². The highest BCUT2D eigenvalue weighted by atomic mass is 32.2. The number of hydrogen-bond acceptors (Lipinski definition) is 5. The molecule has 3 aromatic rings. The lowest BCUT2D eigenvalue weighted by atomic mass is 10.1. The van der Waals surface area contributed by atoms with Crippen LogP contribution in [0.25, 0.3) is 6.08 Å². The van der Waals surface area contributed by atoms with E-state index in [4.69, 9.17) is 4.18 Å². The Morgan fingerprint density at radius 3 is 2.13 bits per heavy atom. The molecule has 0 heterocycles. The number of anilines is 1. The maximum absolute atomic E-state index is 12.6. The van der Waals surface area contributed by atoms with Crippen LogP contribution >= 0.6 is 0 Å². The van der Waals surface area contributed by atoms with Crippen molar-refractivity contribution in [2.75, 3.05) is 5.32 Å². The molecule has 1 amide bonds. The van der Waals surface area contributed by atoms with Crippen LogP contribution in [0, 0.1) is 25.2 Å². The largest absolute Gasteiger partial charge is 0.378 e. The summed E-state index contributed by atoms with van der Waals surface area (Å²) >= 11 is 0. The fourth-order valence-corrected chi connectivity index (χ4v) is 3.64. The molecule has 0 bridgehead atoms. The molecule has 1 N–H and O–H groups in total. The van der Waals surface area contributed by atoms with Gasteiger partial charge in [0.1, 0.15) is 22.3 Å². The van der Waals surface area contributed by atoms with E-state index in [0.29, 0.717) is 5.69 Å². The Balaban J connectivity index is 1.88. The normalized spacial score (nSPS) is 11.5. The van der Waals surface area contributed by atoms with Crippen LogP contribution in [0.15, 0.2) is 83.3 Å². The lowest BCUT2D eigenvalue weighted by molar-refractivity contribution is -0.112. The molecule has 3 aromatic carbocycles. The number of nitrogens with zero attached hydrogens (tertiary/aromatic N) is 1. The van der Waals surface area contributed by atoms with Crippen LogP contribution < -0.4 is 9.50 Å². The summed E-state index contributed by atoms with van der Waals surface area (Å²) in [5, 5.41) is 12.1. The van der Waals surface area contributed by atoms with Crippen molar-refractivity contribution in [1.29, 1.82) is 5.26 Å². The molecule has 6 nitrogen and oxygen atoms in total. The molecule has 3 rings (SSSR count). The molecular formula is C24H20N2O4S. The molecule has 0 aromatic heterocycles. The van der Waals surface area contributed by atoms with Crippen molar-refractivity contribution in [2.45, 2.75) is 18.7 Å². The molecule has 0 aliphatic rings. The number of carbonyl (C=O) groups is 1. The minimum Gasteiger partial charge on any atom is -0.378 e. The van der Waals surface area contributed by atoms with Crippen LogP contribution in [0.3, 0.4) is 0 Å². The highest BCUT2D eigenvalue weighted by Gasteiger charge is 2.19. The van der Waals surface area contributed by atoms with E-state index < -0.39 is 16.0 Å². The fourth-order valence-electron chi connectivity index (χ4n) is 2.69. The molecule has 0 unspecified atom stereocenters.